The summed E-state index contributed by atoms with van der Waals surface area (Å²) >= 11 is 0. The molecule has 0 spiro atoms. The van der Waals surface area contributed by atoms with E-state index in [9.17, 15) is 9.18 Å². The van der Waals surface area contributed by atoms with Gasteiger partial charge < -0.3 is 9.84 Å². The lowest BCUT2D eigenvalue weighted by atomic mass is 9.97. The molecule has 1 aromatic rings. The fourth-order valence-corrected chi connectivity index (χ4v) is 2.35. The van der Waals surface area contributed by atoms with E-state index in [0.717, 1.165) is 19.3 Å². The zero-order chi connectivity index (χ0) is 14.4. The van der Waals surface area contributed by atoms with E-state index in [1.807, 2.05) is 0 Å². The van der Waals surface area contributed by atoms with Crippen molar-refractivity contribution >= 4 is 11.8 Å². The Morgan fingerprint density at radius 3 is 2.60 bits per heavy atom. The van der Waals surface area contributed by atoms with Crippen molar-refractivity contribution in [2.24, 2.45) is 0 Å². The van der Waals surface area contributed by atoms with Gasteiger partial charge in [0.1, 0.15) is 18.0 Å². The summed E-state index contributed by atoms with van der Waals surface area (Å²) in [7, 11) is 0. The lowest BCUT2D eigenvalue weighted by Gasteiger charge is -2.21. The first kappa shape index (κ1) is 14.6. The molecule has 0 bridgehead atoms. The molecule has 0 aliphatic heterocycles. The molecular weight excluding hydrogens is 261 g/mol. The highest BCUT2D eigenvalue weighted by atomic mass is 19.1. The number of phenols is 1. The summed E-state index contributed by atoms with van der Waals surface area (Å²) in [5.41, 5.74) is 0.557. The molecule has 2 atom stereocenters. The number of alkyl halides is 1. The molecule has 1 amide bonds. The van der Waals surface area contributed by atoms with Crippen LogP contribution in [0.3, 0.4) is 0 Å². The van der Waals surface area contributed by atoms with Crippen molar-refractivity contribution < 1.29 is 19.0 Å². The van der Waals surface area contributed by atoms with E-state index >= 15 is 0 Å². The lowest BCUT2D eigenvalue weighted by molar-refractivity contribution is 0.0838. The average molecular weight is 281 g/mol. The molecule has 0 saturated heterocycles. The van der Waals surface area contributed by atoms with Crippen molar-refractivity contribution in [2.75, 3.05) is 5.32 Å². The Hall–Kier alpha value is -1.78. The largest absolute Gasteiger partial charge is 0.508 e. The van der Waals surface area contributed by atoms with Gasteiger partial charge in [-0.1, -0.05) is 6.42 Å². The zero-order valence-corrected chi connectivity index (χ0v) is 11.3. The highest BCUT2D eigenvalue weighted by molar-refractivity contribution is 5.84. The van der Waals surface area contributed by atoms with Gasteiger partial charge >= 0.3 is 6.09 Å². The molecule has 0 heterocycles. The lowest BCUT2D eigenvalue weighted by Crippen LogP contribution is -2.24. The molecule has 1 saturated carbocycles. The zero-order valence-electron chi connectivity index (χ0n) is 11.3. The Bertz CT molecular complexity index is 435. The van der Waals surface area contributed by atoms with Crippen LogP contribution in [0.5, 0.6) is 5.75 Å². The van der Waals surface area contributed by atoms with Crippen molar-refractivity contribution in [1.29, 1.82) is 0 Å². The van der Waals surface area contributed by atoms with E-state index in [4.69, 9.17) is 9.84 Å². The first-order chi connectivity index (χ1) is 9.63. The van der Waals surface area contributed by atoms with Gasteiger partial charge in [0, 0.05) is 5.69 Å². The SMILES string of the molecule is O=C(Nc1ccc(O)cc1)O[C@H]1CCCC[C@@H](F)CC1. The second-order valence-electron chi connectivity index (χ2n) is 5.16. The maximum atomic E-state index is 13.3. The molecule has 0 radical (unpaired) electrons. The Morgan fingerprint density at radius 1 is 1.15 bits per heavy atom. The minimum absolute atomic E-state index is 0.137. The first-order valence-electron chi connectivity index (χ1n) is 7.04. The second-order valence-corrected chi connectivity index (χ2v) is 5.16. The maximum Gasteiger partial charge on any atom is 0.411 e. The Kier molecular flexibility index (Phi) is 5.21. The highest BCUT2D eigenvalue weighted by Gasteiger charge is 2.19. The highest BCUT2D eigenvalue weighted by Crippen LogP contribution is 2.22. The van der Waals surface area contributed by atoms with Crippen LogP contribution in [-0.4, -0.2) is 23.5 Å². The normalized spacial score (nSPS) is 23.4. The van der Waals surface area contributed by atoms with Gasteiger partial charge in [-0.3, -0.25) is 5.32 Å². The van der Waals surface area contributed by atoms with Gasteiger partial charge in [0.05, 0.1) is 0 Å². The van der Waals surface area contributed by atoms with Crippen LogP contribution in [0.1, 0.15) is 38.5 Å². The van der Waals surface area contributed by atoms with Gasteiger partial charge in [0.15, 0.2) is 0 Å². The molecule has 1 fully saturated rings. The number of benzene rings is 1. The minimum atomic E-state index is -0.776. The van der Waals surface area contributed by atoms with Crippen LogP contribution in [0, 0.1) is 0 Å². The van der Waals surface area contributed by atoms with Crippen molar-refractivity contribution in [3.63, 3.8) is 0 Å². The van der Waals surface area contributed by atoms with Gasteiger partial charge in [-0.25, -0.2) is 9.18 Å². The topological polar surface area (TPSA) is 58.6 Å². The number of phenolic OH excluding ortho intramolecular Hbond substituents is 1. The number of hydrogen-bond donors (Lipinski definition) is 2. The van der Waals surface area contributed by atoms with Crippen LogP contribution < -0.4 is 5.32 Å². The Balaban J connectivity index is 1.82. The molecule has 2 rings (SSSR count). The molecule has 1 aliphatic carbocycles. The van der Waals surface area contributed by atoms with Gasteiger partial charge in [0.2, 0.25) is 0 Å². The molecule has 0 unspecified atom stereocenters. The number of halogens is 1. The Morgan fingerprint density at radius 2 is 1.85 bits per heavy atom. The van der Waals surface area contributed by atoms with Crippen molar-refractivity contribution in [3.8, 4) is 5.75 Å². The second kappa shape index (κ2) is 7.12. The van der Waals surface area contributed by atoms with Crippen LogP contribution in [0.2, 0.25) is 0 Å². The molecule has 0 aromatic heterocycles. The molecule has 4 nitrogen and oxygen atoms in total. The fraction of sp³-hybridized carbons (Fsp3) is 0.533. The number of amides is 1. The van der Waals surface area contributed by atoms with E-state index in [1.54, 1.807) is 12.1 Å². The Labute approximate surface area is 117 Å². The van der Waals surface area contributed by atoms with E-state index in [2.05, 4.69) is 5.32 Å². The van der Waals surface area contributed by atoms with Gasteiger partial charge in [0.25, 0.3) is 0 Å². The summed E-state index contributed by atoms with van der Waals surface area (Å²) in [5.74, 6) is 0.137. The van der Waals surface area contributed by atoms with Crippen LogP contribution in [0.25, 0.3) is 0 Å². The van der Waals surface area contributed by atoms with E-state index < -0.39 is 12.3 Å². The van der Waals surface area contributed by atoms with Crippen LogP contribution in [0.4, 0.5) is 14.9 Å². The number of carbonyl (C=O) groups excluding carboxylic acids is 1. The molecular formula is C15H20FNO3. The first-order valence-corrected chi connectivity index (χ1v) is 7.04. The third kappa shape index (κ3) is 4.72. The monoisotopic (exact) mass is 281 g/mol. The molecule has 1 aromatic carbocycles. The molecule has 2 N–H and O–H groups in total. The van der Waals surface area contributed by atoms with E-state index in [1.165, 1.54) is 12.1 Å². The van der Waals surface area contributed by atoms with Gasteiger partial charge in [-0.2, -0.15) is 0 Å². The number of anilines is 1. The molecule has 110 valence electrons. The third-order valence-electron chi connectivity index (χ3n) is 3.48. The molecule has 20 heavy (non-hydrogen) atoms. The number of nitrogens with one attached hydrogen (secondary N) is 1. The third-order valence-corrected chi connectivity index (χ3v) is 3.48. The maximum absolute atomic E-state index is 13.3. The summed E-state index contributed by atoms with van der Waals surface area (Å²) in [6.45, 7) is 0. The number of rotatable bonds is 2. The summed E-state index contributed by atoms with van der Waals surface area (Å²) in [6, 6.07) is 6.15. The minimum Gasteiger partial charge on any atom is -0.508 e. The predicted octanol–water partition coefficient (Wildman–Crippen LogP) is 4.00. The summed E-state index contributed by atoms with van der Waals surface area (Å²) in [5, 5.41) is 11.8. The summed E-state index contributed by atoms with van der Waals surface area (Å²) in [4.78, 5) is 11.8. The van der Waals surface area contributed by atoms with E-state index in [-0.39, 0.29) is 11.9 Å². The summed E-state index contributed by atoms with van der Waals surface area (Å²) < 4.78 is 18.7. The predicted molar refractivity (Wildman–Crippen MR) is 74.6 cm³/mol. The average Bonchev–Trinajstić information content (AvgIpc) is 2.41. The molecule has 5 heteroatoms. The number of hydrogen-bond acceptors (Lipinski definition) is 3. The van der Waals surface area contributed by atoms with Crippen molar-refractivity contribution in [1.82, 2.24) is 0 Å². The standard InChI is InChI=1S/C15H20FNO3/c16-11-3-1-2-4-14(10-5-11)20-15(19)17-12-6-8-13(18)9-7-12/h6-9,11,14,18H,1-5,10H2,(H,17,19)/t11-,14+/m1/s1. The fourth-order valence-electron chi connectivity index (χ4n) is 2.35. The quantitative estimate of drug-likeness (QED) is 0.805. The summed E-state index contributed by atoms with van der Waals surface area (Å²) in [6.07, 6.45) is 2.64. The van der Waals surface area contributed by atoms with Gasteiger partial charge in [-0.15, -0.1) is 0 Å². The van der Waals surface area contributed by atoms with Crippen molar-refractivity contribution in [3.05, 3.63) is 24.3 Å². The van der Waals surface area contributed by atoms with Gasteiger partial charge in [-0.05, 0) is 56.4 Å². The van der Waals surface area contributed by atoms with Crippen molar-refractivity contribution in [2.45, 2.75) is 50.8 Å². The molecule has 1 aliphatic rings. The number of carbonyl (C=O) groups is 1. The van der Waals surface area contributed by atoms with E-state index in [0.29, 0.717) is 24.9 Å². The number of aromatic hydroxyl groups is 1. The van der Waals surface area contributed by atoms with Crippen LogP contribution in [-0.2, 0) is 4.74 Å². The number of ether oxygens (including phenoxy) is 1. The smallest absolute Gasteiger partial charge is 0.411 e. The van der Waals surface area contributed by atoms with Crippen LogP contribution >= 0.6 is 0 Å². The van der Waals surface area contributed by atoms with Crippen LogP contribution in [0.15, 0.2) is 24.3 Å².